The molecule has 0 aliphatic carbocycles. The molecule has 116 valence electrons. The zero-order valence-electron chi connectivity index (χ0n) is 12.5. The van der Waals surface area contributed by atoms with Gasteiger partial charge in [-0.2, -0.15) is 0 Å². The van der Waals surface area contributed by atoms with Crippen LogP contribution in [0.15, 0.2) is 48.5 Å². The Morgan fingerprint density at radius 2 is 1.82 bits per heavy atom. The van der Waals surface area contributed by atoms with Gasteiger partial charge in [-0.05, 0) is 31.7 Å². The van der Waals surface area contributed by atoms with Gasteiger partial charge in [-0.25, -0.2) is 8.78 Å². The molecule has 0 aromatic heterocycles. The van der Waals surface area contributed by atoms with Crippen LogP contribution in [0.4, 0.5) is 14.5 Å². The van der Waals surface area contributed by atoms with Gasteiger partial charge in [0.2, 0.25) is 5.91 Å². The van der Waals surface area contributed by atoms with Crippen LogP contribution in [0.5, 0.6) is 0 Å². The number of likely N-dealkylation sites (N-methyl/N-ethyl adjacent to an activating group) is 1. The number of nitrogens with zero attached hydrogens (tertiary/aromatic N) is 1. The Bertz CT molecular complexity index is 646. The first kappa shape index (κ1) is 16.1. The highest BCUT2D eigenvalue weighted by atomic mass is 19.2. The van der Waals surface area contributed by atoms with E-state index >= 15 is 0 Å². The summed E-state index contributed by atoms with van der Waals surface area (Å²) in [5.41, 5.74) is 1.33. The molecule has 2 rings (SSSR count). The minimum absolute atomic E-state index is 0.240. The fourth-order valence-electron chi connectivity index (χ4n) is 2.03. The van der Waals surface area contributed by atoms with Crippen molar-refractivity contribution in [3.05, 3.63) is 65.7 Å². The van der Waals surface area contributed by atoms with Crippen molar-refractivity contribution in [1.82, 2.24) is 4.90 Å². The van der Waals surface area contributed by atoms with Gasteiger partial charge < -0.3 is 5.32 Å². The molecule has 2 aromatic carbocycles. The molecular weight excluding hydrogens is 286 g/mol. The molecule has 0 saturated heterocycles. The highest BCUT2D eigenvalue weighted by molar-refractivity contribution is 5.94. The zero-order chi connectivity index (χ0) is 16.1. The third-order valence-corrected chi connectivity index (χ3v) is 3.50. The maximum atomic E-state index is 13.1. The molecule has 1 N–H and O–H groups in total. The number of benzene rings is 2. The monoisotopic (exact) mass is 304 g/mol. The van der Waals surface area contributed by atoms with Crippen molar-refractivity contribution in [2.45, 2.75) is 19.5 Å². The van der Waals surface area contributed by atoms with Crippen LogP contribution in [-0.4, -0.2) is 23.9 Å². The second-order valence-corrected chi connectivity index (χ2v) is 5.19. The summed E-state index contributed by atoms with van der Waals surface area (Å²) < 4.78 is 26.0. The third-order valence-electron chi connectivity index (χ3n) is 3.50. The van der Waals surface area contributed by atoms with Gasteiger partial charge in [0.25, 0.3) is 0 Å². The van der Waals surface area contributed by atoms with Crippen LogP contribution in [0.1, 0.15) is 12.5 Å². The number of nitrogens with one attached hydrogen (secondary N) is 1. The predicted molar refractivity (Wildman–Crippen MR) is 82.4 cm³/mol. The molecule has 0 spiro atoms. The van der Waals surface area contributed by atoms with Crippen molar-refractivity contribution < 1.29 is 13.6 Å². The van der Waals surface area contributed by atoms with Crippen molar-refractivity contribution in [2.75, 3.05) is 12.4 Å². The van der Waals surface area contributed by atoms with Gasteiger partial charge in [0.1, 0.15) is 0 Å². The van der Waals surface area contributed by atoms with Crippen LogP contribution in [0.2, 0.25) is 0 Å². The molecule has 1 atom stereocenters. The first-order valence-electron chi connectivity index (χ1n) is 6.97. The summed E-state index contributed by atoms with van der Waals surface area (Å²) in [5.74, 6) is -2.19. The average molecular weight is 304 g/mol. The number of carbonyl (C=O) groups excluding carboxylic acids is 1. The fourth-order valence-corrected chi connectivity index (χ4v) is 2.03. The van der Waals surface area contributed by atoms with E-state index in [9.17, 15) is 13.6 Å². The maximum absolute atomic E-state index is 13.1. The molecule has 0 aliphatic rings. The molecule has 2 aromatic rings. The number of rotatable bonds is 5. The molecule has 0 radical (unpaired) electrons. The van der Waals surface area contributed by atoms with Gasteiger partial charge in [0.15, 0.2) is 11.6 Å². The van der Waals surface area contributed by atoms with E-state index in [4.69, 9.17) is 0 Å². The molecule has 0 saturated carbocycles. The van der Waals surface area contributed by atoms with E-state index in [0.29, 0.717) is 6.54 Å². The topological polar surface area (TPSA) is 32.3 Å². The van der Waals surface area contributed by atoms with E-state index in [1.54, 1.807) is 6.92 Å². The molecule has 0 bridgehead atoms. The summed E-state index contributed by atoms with van der Waals surface area (Å²) >= 11 is 0. The predicted octanol–water partition coefficient (Wildman–Crippen LogP) is 3.42. The largest absolute Gasteiger partial charge is 0.325 e. The Balaban J connectivity index is 1.97. The molecule has 1 amide bonds. The second-order valence-electron chi connectivity index (χ2n) is 5.19. The zero-order valence-corrected chi connectivity index (χ0v) is 12.5. The molecule has 5 heteroatoms. The van der Waals surface area contributed by atoms with Crippen molar-refractivity contribution in [3.8, 4) is 0 Å². The molecule has 3 nitrogen and oxygen atoms in total. The van der Waals surface area contributed by atoms with Crippen molar-refractivity contribution in [1.29, 1.82) is 0 Å². The fraction of sp³-hybridized carbons (Fsp3) is 0.235. The minimum Gasteiger partial charge on any atom is -0.325 e. The lowest BCUT2D eigenvalue weighted by molar-refractivity contribution is -0.120. The van der Waals surface area contributed by atoms with Crippen LogP contribution < -0.4 is 5.32 Å². The summed E-state index contributed by atoms with van der Waals surface area (Å²) in [7, 11) is 1.84. The van der Waals surface area contributed by atoms with E-state index in [1.165, 1.54) is 6.07 Å². The molecule has 0 heterocycles. The number of anilines is 1. The maximum Gasteiger partial charge on any atom is 0.241 e. The summed E-state index contributed by atoms with van der Waals surface area (Å²) in [6.07, 6.45) is 0. The van der Waals surface area contributed by atoms with E-state index in [2.05, 4.69) is 5.32 Å². The number of amides is 1. The Kier molecular flexibility index (Phi) is 5.22. The number of carbonyl (C=O) groups is 1. The van der Waals surface area contributed by atoms with Gasteiger partial charge in [-0.1, -0.05) is 30.3 Å². The lowest BCUT2D eigenvalue weighted by atomic mass is 10.2. The first-order chi connectivity index (χ1) is 10.5. The average Bonchev–Trinajstić information content (AvgIpc) is 2.51. The van der Waals surface area contributed by atoms with Gasteiger partial charge >= 0.3 is 0 Å². The molecular formula is C17H18F2N2O. The van der Waals surface area contributed by atoms with Crippen LogP contribution in [0.25, 0.3) is 0 Å². The summed E-state index contributed by atoms with van der Waals surface area (Å²) in [5, 5.41) is 2.59. The molecule has 0 fully saturated rings. The SMILES string of the molecule is CC(C(=O)Nc1ccc(F)c(F)c1)N(C)Cc1ccccc1. The Morgan fingerprint density at radius 1 is 1.14 bits per heavy atom. The van der Waals surface area contributed by atoms with Crippen LogP contribution in [-0.2, 0) is 11.3 Å². The van der Waals surface area contributed by atoms with Gasteiger partial charge in [0, 0.05) is 18.3 Å². The first-order valence-corrected chi connectivity index (χ1v) is 6.97. The lowest BCUT2D eigenvalue weighted by Gasteiger charge is -2.24. The van der Waals surface area contributed by atoms with Crippen LogP contribution in [0, 0.1) is 11.6 Å². The summed E-state index contributed by atoms with van der Waals surface area (Å²) in [6, 6.07) is 12.7. The quantitative estimate of drug-likeness (QED) is 0.918. The van der Waals surface area contributed by atoms with E-state index in [-0.39, 0.29) is 11.6 Å². The minimum atomic E-state index is -0.983. The normalized spacial score (nSPS) is 12.2. The Morgan fingerprint density at radius 3 is 2.45 bits per heavy atom. The van der Waals surface area contributed by atoms with Crippen molar-refractivity contribution >= 4 is 11.6 Å². The van der Waals surface area contributed by atoms with Crippen molar-refractivity contribution in [2.24, 2.45) is 0 Å². The molecule has 0 aliphatic heterocycles. The van der Waals surface area contributed by atoms with E-state index in [0.717, 1.165) is 17.7 Å². The third kappa shape index (κ3) is 4.11. The van der Waals surface area contributed by atoms with Gasteiger partial charge in [0.05, 0.1) is 6.04 Å². The van der Waals surface area contributed by atoms with Gasteiger partial charge in [-0.15, -0.1) is 0 Å². The Labute approximate surface area is 128 Å². The molecule has 22 heavy (non-hydrogen) atoms. The van der Waals surface area contributed by atoms with Crippen LogP contribution >= 0.6 is 0 Å². The smallest absolute Gasteiger partial charge is 0.241 e. The lowest BCUT2D eigenvalue weighted by Crippen LogP contribution is -2.39. The summed E-state index contributed by atoms with van der Waals surface area (Å²) in [6.45, 7) is 2.38. The van der Waals surface area contributed by atoms with Gasteiger partial charge in [-0.3, -0.25) is 9.69 Å². The standard InChI is InChI=1S/C17H18F2N2O/c1-12(21(2)11-13-6-4-3-5-7-13)17(22)20-14-8-9-15(18)16(19)10-14/h3-10,12H,11H2,1-2H3,(H,20,22). The van der Waals surface area contributed by atoms with Crippen LogP contribution in [0.3, 0.4) is 0 Å². The summed E-state index contributed by atoms with van der Waals surface area (Å²) in [4.78, 5) is 14.1. The number of hydrogen-bond donors (Lipinski definition) is 1. The highest BCUT2D eigenvalue weighted by Gasteiger charge is 2.18. The number of hydrogen-bond acceptors (Lipinski definition) is 2. The second kappa shape index (κ2) is 7.13. The van der Waals surface area contributed by atoms with E-state index in [1.807, 2.05) is 42.3 Å². The van der Waals surface area contributed by atoms with Crippen molar-refractivity contribution in [3.63, 3.8) is 0 Å². The van der Waals surface area contributed by atoms with E-state index < -0.39 is 17.7 Å². The highest BCUT2D eigenvalue weighted by Crippen LogP contribution is 2.14. The molecule has 1 unspecified atom stereocenters. The Hall–Kier alpha value is -2.27. The number of halogens is 2.